The summed E-state index contributed by atoms with van der Waals surface area (Å²) < 4.78 is 1.18. The van der Waals surface area contributed by atoms with Crippen LogP contribution in [0.15, 0.2) is 0 Å². The number of alkyl halides is 1. The molecule has 8 heavy (non-hydrogen) atoms. The fourth-order valence-electron chi connectivity index (χ4n) is 1.14. The topological polar surface area (TPSA) is 0 Å². The Hall–Kier alpha value is 1.46. The van der Waals surface area contributed by atoms with Crippen molar-refractivity contribution in [1.82, 2.24) is 0 Å². The van der Waals surface area contributed by atoms with Gasteiger partial charge >= 0.3 is 71.9 Å². The maximum atomic E-state index is 2.62. The van der Waals surface area contributed by atoms with Crippen molar-refractivity contribution >= 4 is 18.6 Å². The fraction of sp³-hybridized carbons (Fsp3) is 1.00. The second-order valence-corrected chi connectivity index (χ2v) is 7.71. The molecule has 0 saturated heterocycles. The average Bonchev–Trinajstić information content (AvgIpc) is 1.90. The summed E-state index contributed by atoms with van der Waals surface area (Å²) in [5.74, 6) is 0. The van der Waals surface area contributed by atoms with Crippen molar-refractivity contribution in [3.63, 3.8) is 0 Å². The minimum atomic E-state index is 0.556. The summed E-state index contributed by atoms with van der Waals surface area (Å²) in [6.45, 7) is 0. The van der Waals surface area contributed by atoms with E-state index in [4.69, 9.17) is 0 Å². The molecular weight excluding hydrogens is 326 g/mol. The third kappa shape index (κ3) is 2.37. The summed E-state index contributed by atoms with van der Waals surface area (Å²) in [5, 5.41) is 0. The molecule has 0 aromatic carbocycles. The van der Waals surface area contributed by atoms with Crippen LogP contribution in [-0.4, -0.2) is 3.92 Å². The molecule has 50 valence electrons. The van der Waals surface area contributed by atoms with Gasteiger partial charge in [-0.1, -0.05) is 0 Å². The normalized spacial score (nSPS) is 24.1. The van der Waals surface area contributed by atoms with Crippen LogP contribution in [0, 0.1) is 0 Å². The zero-order chi connectivity index (χ0) is 5.82. The molecule has 2 heteroatoms. The monoisotopic (exact) mass is 337 g/mol. The van der Waals surface area contributed by atoms with Crippen molar-refractivity contribution in [3.8, 4) is 0 Å². The first-order chi connectivity index (χ1) is 3.93. The molecule has 0 N–H and O–H groups in total. The van der Waals surface area contributed by atoms with Crippen LogP contribution in [-0.2, 0) is 0 Å². The van der Waals surface area contributed by atoms with E-state index in [1.165, 1.54) is 23.2 Å². The van der Waals surface area contributed by atoms with Gasteiger partial charge in [0, 0.05) is 0 Å². The zero-order valence-electron chi connectivity index (χ0n) is 4.87. The summed E-state index contributed by atoms with van der Waals surface area (Å²) in [7, 11) is 0. The van der Waals surface area contributed by atoms with E-state index in [0.29, 0.717) is 17.2 Å². The fourth-order valence-corrected chi connectivity index (χ4v) is 5.65. The molecule has 1 rings (SSSR count). The molecular formula is C6H11I2-. The van der Waals surface area contributed by atoms with Crippen LogP contribution in [0.1, 0.15) is 32.1 Å². The summed E-state index contributed by atoms with van der Waals surface area (Å²) in [6, 6.07) is 0. The molecule has 0 nitrogen and oxygen atoms in total. The van der Waals surface area contributed by atoms with E-state index < -0.39 is 0 Å². The van der Waals surface area contributed by atoms with Gasteiger partial charge in [0.15, 0.2) is 0 Å². The molecule has 0 heterocycles. The van der Waals surface area contributed by atoms with E-state index in [9.17, 15) is 0 Å². The summed E-state index contributed by atoms with van der Waals surface area (Å²) >= 11 is 3.17. The van der Waals surface area contributed by atoms with Crippen LogP contribution in [0.5, 0.6) is 0 Å². The van der Waals surface area contributed by atoms with E-state index in [0.717, 1.165) is 0 Å². The Morgan fingerprint density at radius 1 is 1.12 bits per heavy atom. The average molecular weight is 337 g/mol. The van der Waals surface area contributed by atoms with E-state index in [2.05, 4.69) is 18.6 Å². The Labute approximate surface area is 71.2 Å². The molecule has 0 atom stereocenters. The van der Waals surface area contributed by atoms with Gasteiger partial charge in [0.1, 0.15) is 0 Å². The second kappa shape index (κ2) is 4.30. The number of halogens is 2. The molecule has 0 amide bonds. The van der Waals surface area contributed by atoms with Crippen LogP contribution < -0.4 is 17.2 Å². The van der Waals surface area contributed by atoms with Crippen molar-refractivity contribution in [2.75, 3.05) is 0 Å². The molecule has 1 aliphatic rings. The molecule has 1 aliphatic carbocycles. The Kier molecular flexibility index (Phi) is 4.07. The van der Waals surface area contributed by atoms with Crippen molar-refractivity contribution in [2.24, 2.45) is 0 Å². The molecule has 1 fully saturated rings. The van der Waals surface area contributed by atoms with E-state index >= 15 is 0 Å². The van der Waals surface area contributed by atoms with Crippen LogP contribution >= 0.6 is 18.6 Å². The second-order valence-electron chi connectivity index (χ2n) is 2.32. The van der Waals surface area contributed by atoms with Gasteiger partial charge in [0.2, 0.25) is 0 Å². The standard InChI is InChI=1S/C6H11I2/c7-8-6-4-2-1-3-5-6/h6H,1-5H2/q-1. The van der Waals surface area contributed by atoms with Gasteiger partial charge < -0.3 is 0 Å². The van der Waals surface area contributed by atoms with Gasteiger partial charge in [-0.25, -0.2) is 0 Å². The Morgan fingerprint density at radius 3 is 2.12 bits per heavy atom. The molecule has 0 aromatic heterocycles. The molecule has 0 radical (unpaired) electrons. The van der Waals surface area contributed by atoms with Gasteiger partial charge in [-0.15, -0.1) is 0 Å². The number of hydrogen-bond donors (Lipinski definition) is 0. The molecule has 0 spiro atoms. The van der Waals surface area contributed by atoms with Gasteiger partial charge in [0.05, 0.1) is 0 Å². The molecule has 0 aliphatic heterocycles. The zero-order valence-corrected chi connectivity index (χ0v) is 9.18. The van der Waals surface area contributed by atoms with Crippen molar-refractivity contribution < 1.29 is 17.2 Å². The van der Waals surface area contributed by atoms with Gasteiger partial charge in [-0.3, -0.25) is 0 Å². The maximum absolute atomic E-state index is 2.62. The van der Waals surface area contributed by atoms with Crippen molar-refractivity contribution in [2.45, 2.75) is 36.0 Å². The molecule has 0 aromatic rings. The molecule has 1 saturated carbocycles. The third-order valence-corrected chi connectivity index (χ3v) is 8.03. The Balaban J connectivity index is 2.13. The molecule has 0 unspecified atom stereocenters. The van der Waals surface area contributed by atoms with Crippen LogP contribution in [0.4, 0.5) is 0 Å². The molecule has 0 bridgehead atoms. The van der Waals surface area contributed by atoms with Crippen LogP contribution in [0.25, 0.3) is 0 Å². The first kappa shape index (κ1) is 7.57. The van der Waals surface area contributed by atoms with Crippen molar-refractivity contribution in [1.29, 1.82) is 0 Å². The Morgan fingerprint density at radius 2 is 1.75 bits per heavy atom. The quantitative estimate of drug-likeness (QED) is 0.458. The SMILES string of the molecule is I[I-]C1CCCCC1. The first-order valence-corrected chi connectivity index (χ1v) is 10.7. The number of rotatable bonds is 1. The minimum absolute atomic E-state index is 0.556. The predicted octanol–water partition coefficient (Wildman–Crippen LogP) is -0.242. The first-order valence-electron chi connectivity index (χ1n) is 3.18. The Bertz CT molecular complexity index is 57.5. The van der Waals surface area contributed by atoms with Crippen molar-refractivity contribution in [3.05, 3.63) is 0 Å². The predicted molar refractivity (Wildman–Crippen MR) is 40.9 cm³/mol. The van der Waals surface area contributed by atoms with E-state index in [-0.39, 0.29) is 0 Å². The number of hydrogen-bond acceptors (Lipinski definition) is 0. The summed E-state index contributed by atoms with van der Waals surface area (Å²) in [6.07, 6.45) is 7.66. The van der Waals surface area contributed by atoms with Gasteiger partial charge in [0.25, 0.3) is 0 Å². The van der Waals surface area contributed by atoms with Crippen LogP contribution in [0.2, 0.25) is 0 Å². The van der Waals surface area contributed by atoms with Crippen LogP contribution in [0.3, 0.4) is 0 Å². The summed E-state index contributed by atoms with van der Waals surface area (Å²) in [5.41, 5.74) is 0. The van der Waals surface area contributed by atoms with E-state index in [1.54, 1.807) is 12.8 Å². The third-order valence-electron chi connectivity index (χ3n) is 1.65. The van der Waals surface area contributed by atoms with Gasteiger partial charge in [-0.2, -0.15) is 0 Å². The van der Waals surface area contributed by atoms with Gasteiger partial charge in [-0.05, 0) is 0 Å². The summed E-state index contributed by atoms with van der Waals surface area (Å²) in [4.78, 5) is 0. The van der Waals surface area contributed by atoms with E-state index in [1.807, 2.05) is 0 Å².